The average Bonchev–Trinajstić information content (AvgIpc) is 2.47. The minimum Gasteiger partial charge on any atom is -0.464 e. The summed E-state index contributed by atoms with van der Waals surface area (Å²) in [7, 11) is 1.25. The van der Waals surface area contributed by atoms with Crippen LogP contribution in [0.15, 0.2) is 41.3 Å². The van der Waals surface area contributed by atoms with E-state index in [1.54, 1.807) is 24.4 Å². The number of rotatable bonds is 3. The third-order valence-corrected chi connectivity index (χ3v) is 2.84. The molecule has 0 aliphatic rings. The minimum absolute atomic E-state index is 0.0475. The number of esters is 1. The number of ether oxygens (including phenoxy) is 1. The summed E-state index contributed by atoms with van der Waals surface area (Å²) in [5.74, 6) is -1.01. The SMILES string of the molecule is COC(=O)c1ncccc1NC(=O)c1cncc(Br)c1. The van der Waals surface area contributed by atoms with E-state index in [9.17, 15) is 9.59 Å². The normalized spacial score (nSPS) is 9.90. The number of nitrogens with zero attached hydrogens (tertiary/aromatic N) is 2. The molecule has 0 spiro atoms. The first-order valence-electron chi connectivity index (χ1n) is 5.57. The Hall–Kier alpha value is -2.28. The molecule has 7 heteroatoms. The third-order valence-electron chi connectivity index (χ3n) is 2.40. The summed E-state index contributed by atoms with van der Waals surface area (Å²) in [5.41, 5.74) is 0.690. The van der Waals surface area contributed by atoms with E-state index in [2.05, 4.69) is 36.0 Å². The highest BCUT2D eigenvalue weighted by molar-refractivity contribution is 9.10. The predicted octanol–water partition coefficient (Wildman–Crippen LogP) is 2.28. The summed E-state index contributed by atoms with van der Waals surface area (Å²) < 4.78 is 5.30. The summed E-state index contributed by atoms with van der Waals surface area (Å²) in [5, 5.41) is 2.61. The van der Waals surface area contributed by atoms with Crippen LogP contribution in [0.4, 0.5) is 5.69 Å². The molecule has 0 aromatic carbocycles. The second-order valence-electron chi connectivity index (χ2n) is 3.74. The van der Waals surface area contributed by atoms with Crippen molar-refractivity contribution in [2.24, 2.45) is 0 Å². The first kappa shape index (κ1) is 14.1. The Morgan fingerprint density at radius 2 is 2.15 bits per heavy atom. The molecule has 2 heterocycles. The van der Waals surface area contributed by atoms with Crippen LogP contribution in [-0.4, -0.2) is 29.0 Å². The fraction of sp³-hybridized carbons (Fsp3) is 0.0769. The molecule has 1 amide bonds. The number of pyridine rings is 2. The lowest BCUT2D eigenvalue weighted by Gasteiger charge is -2.08. The van der Waals surface area contributed by atoms with Gasteiger partial charge in [-0.3, -0.25) is 9.78 Å². The number of carbonyl (C=O) groups excluding carboxylic acids is 2. The van der Waals surface area contributed by atoms with E-state index in [0.29, 0.717) is 10.0 Å². The van der Waals surface area contributed by atoms with Gasteiger partial charge < -0.3 is 10.1 Å². The minimum atomic E-state index is -0.617. The van der Waals surface area contributed by atoms with Crippen LogP contribution < -0.4 is 5.32 Å². The zero-order valence-corrected chi connectivity index (χ0v) is 12.0. The molecule has 2 rings (SSSR count). The first-order valence-corrected chi connectivity index (χ1v) is 6.36. The van der Waals surface area contributed by atoms with Crippen LogP contribution >= 0.6 is 15.9 Å². The van der Waals surface area contributed by atoms with Crippen molar-refractivity contribution in [2.75, 3.05) is 12.4 Å². The standard InChI is InChI=1S/C13H10BrN3O3/c1-20-13(19)11-10(3-2-4-16-11)17-12(18)8-5-9(14)7-15-6-8/h2-7H,1H3,(H,17,18). The van der Waals surface area contributed by atoms with E-state index >= 15 is 0 Å². The maximum atomic E-state index is 12.1. The molecule has 102 valence electrons. The summed E-state index contributed by atoms with van der Waals surface area (Å²) >= 11 is 3.24. The van der Waals surface area contributed by atoms with Gasteiger partial charge in [0, 0.05) is 23.1 Å². The number of nitrogens with one attached hydrogen (secondary N) is 1. The van der Waals surface area contributed by atoms with Gasteiger partial charge in [0.15, 0.2) is 5.69 Å². The quantitative estimate of drug-likeness (QED) is 0.870. The summed E-state index contributed by atoms with van der Waals surface area (Å²) in [4.78, 5) is 31.4. The number of methoxy groups -OCH3 is 1. The highest BCUT2D eigenvalue weighted by Gasteiger charge is 2.16. The summed E-state index contributed by atoms with van der Waals surface area (Å²) in [6.45, 7) is 0. The Labute approximate surface area is 123 Å². The average molecular weight is 336 g/mol. The van der Waals surface area contributed by atoms with E-state index in [1.807, 2.05) is 0 Å². The van der Waals surface area contributed by atoms with Crippen molar-refractivity contribution < 1.29 is 14.3 Å². The number of hydrogen-bond acceptors (Lipinski definition) is 5. The lowest BCUT2D eigenvalue weighted by Crippen LogP contribution is -2.16. The maximum Gasteiger partial charge on any atom is 0.358 e. The second kappa shape index (κ2) is 6.25. The van der Waals surface area contributed by atoms with Crippen LogP contribution in [0.5, 0.6) is 0 Å². The Kier molecular flexibility index (Phi) is 4.41. The highest BCUT2D eigenvalue weighted by Crippen LogP contribution is 2.16. The van der Waals surface area contributed by atoms with Crippen molar-refractivity contribution in [3.8, 4) is 0 Å². The Morgan fingerprint density at radius 1 is 1.35 bits per heavy atom. The molecule has 0 unspecified atom stereocenters. The lowest BCUT2D eigenvalue weighted by molar-refractivity contribution is 0.0595. The largest absolute Gasteiger partial charge is 0.464 e. The maximum absolute atomic E-state index is 12.1. The molecule has 0 radical (unpaired) electrons. The van der Waals surface area contributed by atoms with Crippen molar-refractivity contribution >= 4 is 33.5 Å². The van der Waals surface area contributed by atoms with Crippen LogP contribution in [0.2, 0.25) is 0 Å². The fourth-order valence-electron chi connectivity index (χ4n) is 1.50. The van der Waals surface area contributed by atoms with Crippen LogP contribution in [0.3, 0.4) is 0 Å². The van der Waals surface area contributed by atoms with Gasteiger partial charge in [0.1, 0.15) is 0 Å². The molecule has 0 aliphatic heterocycles. The molecule has 6 nitrogen and oxygen atoms in total. The molecule has 0 saturated heterocycles. The molecule has 0 bridgehead atoms. The lowest BCUT2D eigenvalue weighted by atomic mass is 10.2. The molecular weight excluding hydrogens is 326 g/mol. The summed E-state index contributed by atoms with van der Waals surface area (Å²) in [6, 6.07) is 4.81. The predicted molar refractivity (Wildman–Crippen MR) is 75.5 cm³/mol. The number of halogens is 1. The van der Waals surface area contributed by atoms with Gasteiger partial charge in [-0.25, -0.2) is 9.78 Å². The van der Waals surface area contributed by atoms with E-state index in [-0.39, 0.29) is 11.4 Å². The van der Waals surface area contributed by atoms with Gasteiger partial charge in [0.25, 0.3) is 5.91 Å². The second-order valence-corrected chi connectivity index (χ2v) is 4.65. The van der Waals surface area contributed by atoms with E-state index in [0.717, 1.165) is 0 Å². The van der Waals surface area contributed by atoms with Crippen LogP contribution in [0.1, 0.15) is 20.8 Å². The van der Waals surface area contributed by atoms with Gasteiger partial charge in [0.2, 0.25) is 0 Å². The number of amides is 1. The van der Waals surface area contributed by atoms with E-state index in [1.165, 1.54) is 19.5 Å². The van der Waals surface area contributed by atoms with Crippen LogP contribution in [0.25, 0.3) is 0 Å². The molecule has 20 heavy (non-hydrogen) atoms. The van der Waals surface area contributed by atoms with Gasteiger partial charge >= 0.3 is 5.97 Å². The zero-order valence-electron chi connectivity index (χ0n) is 10.5. The van der Waals surface area contributed by atoms with Gasteiger partial charge in [-0.05, 0) is 34.1 Å². The van der Waals surface area contributed by atoms with Crippen molar-refractivity contribution in [2.45, 2.75) is 0 Å². The topological polar surface area (TPSA) is 81.2 Å². The van der Waals surface area contributed by atoms with Gasteiger partial charge in [0.05, 0.1) is 18.4 Å². The molecule has 1 N–H and O–H groups in total. The van der Waals surface area contributed by atoms with Crippen molar-refractivity contribution in [1.29, 1.82) is 0 Å². The first-order chi connectivity index (χ1) is 9.61. The number of anilines is 1. The fourth-order valence-corrected chi connectivity index (χ4v) is 1.86. The molecule has 2 aromatic heterocycles. The van der Waals surface area contributed by atoms with E-state index < -0.39 is 11.9 Å². The van der Waals surface area contributed by atoms with Crippen LogP contribution in [-0.2, 0) is 4.74 Å². The molecular formula is C13H10BrN3O3. The number of aromatic nitrogens is 2. The highest BCUT2D eigenvalue weighted by atomic mass is 79.9. The van der Waals surface area contributed by atoms with Gasteiger partial charge in [-0.2, -0.15) is 0 Å². The molecule has 0 saturated carbocycles. The Balaban J connectivity index is 2.26. The molecule has 0 fully saturated rings. The number of carbonyl (C=O) groups is 2. The third kappa shape index (κ3) is 3.18. The molecule has 0 aliphatic carbocycles. The molecule has 0 atom stereocenters. The molecule has 2 aromatic rings. The van der Waals surface area contributed by atoms with Gasteiger partial charge in [-0.15, -0.1) is 0 Å². The van der Waals surface area contributed by atoms with Crippen molar-refractivity contribution in [3.05, 3.63) is 52.5 Å². The van der Waals surface area contributed by atoms with Gasteiger partial charge in [-0.1, -0.05) is 0 Å². The number of hydrogen-bond donors (Lipinski definition) is 1. The summed E-state index contributed by atoms with van der Waals surface area (Å²) in [6.07, 6.45) is 4.44. The Bertz CT molecular complexity index is 661. The Morgan fingerprint density at radius 3 is 2.85 bits per heavy atom. The van der Waals surface area contributed by atoms with Crippen LogP contribution in [0, 0.1) is 0 Å². The van der Waals surface area contributed by atoms with Crippen molar-refractivity contribution in [3.63, 3.8) is 0 Å². The van der Waals surface area contributed by atoms with Crippen molar-refractivity contribution in [1.82, 2.24) is 9.97 Å². The van der Waals surface area contributed by atoms with E-state index in [4.69, 9.17) is 0 Å². The smallest absolute Gasteiger partial charge is 0.358 e. The monoisotopic (exact) mass is 335 g/mol. The zero-order chi connectivity index (χ0) is 14.5.